The van der Waals surface area contributed by atoms with Crippen molar-refractivity contribution in [2.45, 2.75) is 33.2 Å². The lowest BCUT2D eigenvalue weighted by molar-refractivity contribution is -0.157. The zero-order chi connectivity index (χ0) is 17.8. The van der Waals surface area contributed by atoms with Gasteiger partial charge in [-0.1, -0.05) is 0 Å². The Morgan fingerprint density at radius 2 is 1.61 bits per heavy atom. The fraction of sp³-hybridized carbons (Fsp3) is 0.714. The van der Waals surface area contributed by atoms with E-state index in [1.54, 1.807) is 20.8 Å². The number of amides is 2. The van der Waals surface area contributed by atoms with Crippen LogP contribution in [0.1, 0.15) is 27.2 Å². The molecule has 0 aliphatic rings. The van der Waals surface area contributed by atoms with Crippen LogP contribution in [0.3, 0.4) is 0 Å². The van der Waals surface area contributed by atoms with Gasteiger partial charge in [-0.05, 0) is 20.8 Å². The monoisotopic (exact) mass is 332 g/mol. The molecule has 2 atom stereocenters. The Labute approximate surface area is 134 Å². The predicted octanol–water partition coefficient (Wildman–Crippen LogP) is -0.874. The molecule has 0 heterocycles. The number of ether oxygens (including phenoxy) is 3. The van der Waals surface area contributed by atoms with Gasteiger partial charge in [0, 0.05) is 6.61 Å². The van der Waals surface area contributed by atoms with Gasteiger partial charge in [0.2, 0.25) is 11.8 Å². The molecule has 0 rings (SSSR count). The van der Waals surface area contributed by atoms with Crippen LogP contribution in [-0.2, 0) is 33.4 Å². The third-order valence-corrected chi connectivity index (χ3v) is 2.74. The van der Waals surface area contributed by atoms with E-state index in [9.17, 15) is 19.2 Å². The first-order valence-corrected chi connectivity index (χ1v) is 7.35. The molecule has 0 aromatic rings. The maximum absolute atomic E-state index is 12.0. The Kier molecular flexibility index (Phi) is 10.3. The molecular formula is C14H24N2O7. The minimum absolute atomic E-state index is 0.0521. The molecule has 0 saturated heterocycles. The van der Waals surface area contributed by atoms with Crippen molar-refractivity contribution in [1.82, 2.24) is 5.32 Å². The third-order valence-electron chi connectivity index (χ3n) is 2.74. The van der Waals surface area contributed by atoms with E-state index in [-0.39, 0.29) is 19.8 Å². The number of carbonyl (C=O) groups excluding carboxylic acids is 4. The summed E-state index contributed by atoms with van der Waals surface area (Å²) in [5.41, 5.74) is 5.24. The van der Waals surface area contributed by atoms with E-state index >= 15 is 0 Å². The van der Waals surface area contributed by atoms with Gasteiger partial charge >= 0.3 is 11.9 Å². The predicted molar refractivity (Wildman–Crippen MR) is 79.0 cm³/mol. The summed E-state index contributed by atoms with van der Waals surface area (Å²) in [4.78, 5) is 46.9. The fourth-order valence-electron chi connectivity index (χ4n) is 1.77. The Morgan fingerprint density at radius 3 is 2.09 bits per heavy atom. The Hall–Kier alpha value is -2.16. The summed E-state index contributed by atoms with van der Waals surface area (Å²) in [6.07, 6.45) is -0.435. The number of esters is 2. The second-order valence-electron chi connectivity index (χ2n) is 4.45. The first-order valence-electron chi connectivity index (χ1n) is 7.35. The minimum Gasteiger partial charge on any atom is -0.466 e. The number of rotatable bonds is 11. The van der Waals surface area contributed by atoms with E-state index in [1.807, 2.05) is 0 Å². The molecule has 0 spiro atoms. The number of hydrogen-bond donors (Lipinski definition) is 2. The van der Waals surface area contributed by atoms with Crippen molar-refractivity contribution >= 4 is 23.8 Å². The highest BCUT2D eigenvalue weighted by molar-refractivity contribution is 5.93. The maximum Gasteiger partial charge on any atom is 0.312 e. The molecule has 0 saturated carbocycles. The van der Waals surface area contributed by atoms with Crippen molar-refractivity contribution in [3.05, 3.63) is 0 Å². The van der Waals surface area contributed by atoms with Crippen LogP contribution >= 0.6 is 0 Å². The molecule has 0 bridgehead atoms. The summed E-state index contributed by atoms with van der Waals surface area (Å²) in [5, 5.41) is 2.29. The van der Waals surface area contributed by atoms with Gasteiger partial charge in [0.05, 0.1) is 25.6 Å². The molecule has 0 aliphatic heterocycles. The Morgan fingerprint density at radius 1 is 1.00 bits per heavy atom. The van der Waals surface area contributed by atoms with Gasteiger partial charge in [0.15, 0.2) is 0 Å². The average Bonchev–Trinajstić information content (AvgIpc) is 2.48. The molecule has 0 radical (unpaired) electrons. The van der Waals surface area contributed by atoms with Gasteiger partial charge in [-0.25, -0.2) is 0 Å². The highest BCUT2D eigenvalue weighted by Crippen LogP contribution is 2.13. The highest BCUT2D eigenvalue weighted by atomic mass is 16.5. The quantitative estimate of drug-likeness (QED) is 0.469. The van der Waals surface area contributed by atoms with Gasteiger partial charge in [0.1, 0.15) is 12.6 Å². The molecule has 9 nitrogen and oxygen atoms in total. The molecule has 0 unspecified atom stereocenters. The SMILES string of the molecule is CCOCC(=O)N[C@H](C(N)=O)[C@@H](CC(=O)OCC)C(=O)OCC. The van der Waals surface area contributed by atoms with Crippen molar-refractivity contribution in [3.8, 4) is 0 Å². The Bertz CT molecular complexity index is 425. The molecule has 0 aromatic carbocycles. The van der Waals surface area contributed by atoms with E-state index in [0.29, 0.717) is 6.61 Å². The summed E-state index contributed by atoms with van der Waals surface area (Å²) < 4.78 is 14.5. The van der Waals surface area contributed by atoms with Crippen LogP contribution in [0.5, 0.6) is 0 Å². The van der Waals surface area contributed by atoms with E-state index in [1.165, 1.54) is 0 Å². The van der Waals surface area contributed by atoms with Crippen LogP contribution in [0.4, 0.5) is 0 Å². The van der Waals surface area contributed by atoms with E-state index in [2.05, 4.69) is 5.32 Å². The molecule has 2 amide bonds. The van der Waals surface area contributed by atoms with Crippen LogP contribution in [-0.4, -0.2) is 56.2 Å². The summed E-state index contributed by atoms with van der Waals surface area (Å²) in [6.45, 7) is 5.05. The van der Waals surface area contributed by atoms with Crippen molar-refractivity contribution in [2.75, 3.05) is 26.4 Å². The van der Waals surface area contributed by atoms with Crippen LogP contribution in [0.2, 0.25) is 0 Å². The topological polar surface area (TPSA) is 134 Å². The standard InChI is InChI=1S/C14H24N2O7/c1-4-21-8-10(17)16-12(13(15)19)9(14(20)23-6-3)7-11(18)22-5-2/h9,12H,4-8H2,1-3H3,(H2,15,19)(H,16,17)/t9-,12+/m1/s1. The van der Waals surface area contributed by atoms with Crippen LogP contribution < -0.4 is 11.1 Å². The second kappa shape index (κ2) is 11.4. The van der Waals surface area contributed by atoms with Crippen LogP contribution in [0.25, 0.3) is 0 Å². The summed E-state index contributed by atoms with van der Waals surface area (Å²) in [6, 6.07) is -1.40. The van der Waals surface area contributed by atoms with Gasteiger partial charge in [0.25, 0.3) is 0 Å². The summed E-state index contributed by atoms with van der Waals surface area (Å²) in [7, 11) is 0. The molecular weight excluding hydrogens is 308 g/mol. The summed E-state index contributed by atoms with van der Waals surface area (Å²) >= 11 is 0. The first kappa shape index (κ1) is 20.8. The molecule has 0 fully saturated rings. The lowest BCUT2D eigenvalue weighted by Gasteiger charge is -2.23. The Balaban J connectivity index is 5.14. The zero-order valence-corrected chi connectivity index (χ0v) is 13.6. The second-order valence-corrected chi connectivity index (χ2v) is 4.45. The first-order chi connectivity index (χ1) is 10.9. The van der Waals surface area contributed by atoms with Crippen LogP contribution in [0.15, 0.2) is 0 Å². The van der Waals surface area contributed by atoms with Gasteiger partial charge < -0.3 is 25.3 Å². The molecule has 0 aliphatic carbocycles. The van der Waals surface area contributed by atoms with Crippen molar-refractivity contribution in [1.29, 1.82) is 0 Å². The van der Waals surface area contributed by atoms with Gasteiger partial charge in [-0.15, -0.1) is 0 Å². The number of nitrogens with one attached hydrogen (secondary N) is 1. The van der Waals surface area contributed by atoms with Crippen molar-refractivity contribution in [2.24, 2.45) is 11.7 Å². The molecule has 9 heteroatoms. The highest BCUT2D eigenvalue weighted by Gasteiger charge is 2.37. The van der Waals surface area contributed by atoms with Gasteiger partial charge in [-0.2, -0.15) is 0 Å². The fourth-order valence-corrected chi connectivity index (χ4v) is 1.77. The molecule has 0 aromatic heterocycles. The molecule has 132 valence electrons. The third kappa shape index (κ3) is 8.15. The molecule has 23 heavy (non-hydrogen) atoms. The number of carbonyl (C=O) groups is 4. The summed E-state index contributed by atoms with van der Waals surface area (Å²) in [5.74, 6) is -4.37. The van der Waals surface area contributed by atoms with E-state index < -0.39 is 42.1 Å². The smallest absolute Gasteiger partial charge is 0.312 e. The molecule has 3 N–H and O–H groups in total. The number of primary amides is 1. The van der Waals surface area contributed by atoms with Crippen molar-refractivity contribution < 1.29 is 33.4 Å². The van der Waals surface area contributed by atoms with Crippen molar-refractivity contribution in [3.63, 3.8) is 0 Å². The minimum atomic E-state index is -1.40. The maximum atomic E-state index is 12.0. The zero-order valence-electron chi connectivity index (χ0n) is 13.6. The van der Waals surface area contributed by atoms with E-state index in [0.717, 1.165) is 0 Å². The normalized spacial score (nSPS) is 12.8. The average molecular weight is 332 g/mol. The lowest BCUT2D eigenvalue weighted by Crippen LogP contribution is -2.53. The number of nitrogens with two attached hydrogens (primary N) is 1. The lowest BCUT2D eigenvalue weighted by atomic mass is 9.95. The van der Waals surface area contributed by atoms with Gasteiger partial charge in [-0.3, -0.25) is 19.2 Å². The van der Waals surface area contributed by atoms with Crippen LogP contribution in [0, 0.1) is 5.92 Å². The largest absolute Gasteiger partial charge is 0.466 e. The van der Waals surface area contributed by atoms with E-state index in [4.69, 9.17) is 19.9 Å². The number of hydrogen-bond acceptors (Lipinski definition) is 7.